The molecule has 10 heteroatoms. The van der Waals surface area contributed by atoms with Gasteiger partial charge in [0.1, 0.15) is 5.56 Å². The van der Waals surface area contributed by atoms with Gasteiger partial charge in [-0.3, -0.25) is 9.48 Å². The van der Waals surface area contributed by atoms with Gasteiger partial charge in [0.15, 0.2) is 5.82 Å². The molecule has 7 nitrogen and oxygen atoms in total. The zero-order valence-corrected chi connectivity index (χ0v) is 14.6. The van der Waals surface area contributed by atoms with E-state index < -0.39 is 29.7 Å². The maximum Gasteiger partial charge on any atom is 0.416 e. The first kappa shape index (κ1) is 19.7. The quantitative estimate of drug-likeness (QED) is 0.738. The van der Waals surface area contributed by atoms with Gasteiger partial charge in [-0.15, -0.1) is 0 Å². The molecule has 1 aliphatic rings. The molecule has 3 unspecified atom stereocenters. The van der Waals surface area contributed by atoms with E-state index in [0.29, 0.717) is 24.9 Å². The molecule has 28 heavy (non-hydrogen) atoms. The summed E-state index contributed by atoms with van der Waals surface area (Å²) in [4.78, 5) is 11.8. The topological polar surface area (TPSA) is 117 Å². The number of alkyl halides is 3. The average Bonchev–Trinajstić information content (AvgIpc) is 3.05. The third-order valence-electron chi connectivity index (χ3n) is 4.76. The molecule has 148 valence electrons. The summed E-state index contributed by atoms with van der Waals surface area (Å²) in [7, 11) is 0. The van der Waals surface area contributed by atoms with Gasteiger partial charge >= 0.3 is 6.18 Å². The fraction of sp³-hybridized carbons (Fsp3) is 0.389. The largest absolute Gasteiger partial charge is 0.416 e. The number of nitrogens with two attached hydrogens (primary N) is 1. The minimum Gasteiger partial charge on any atom is -0.393 e. The second-order valence-corrected chi connectivity index (χ2v) is 6.71. The summed E-state index contributed by atoms with van der Waals surface area (Å²) in [5, 5.41) is 26.2. The molecular formula is C18H18F3N5O2. The Balaban J connectivity index is 1.87. The number of carbonyl (C=O) groups is 1. The lowest BCUT2D eigenvalue weighted by Crippen LogP contribution is -2.29. The Hall–Kier alpha value is -3.06. The maximum absolute atomic E-state index is 12.7. The average molecular weight is 393 g/mol. The van der Waals surface area contributed by atoms with Crippen molar-refractivity contribution < 1.29 is 23.1 Å². The molecule has 4 N–H and O–H groups in total. The van der Waals surface area contributed by atoms with Gasteiger partial charge in [-0.05, 0) is 43.5 Å². The molecule has 1 heterocycles. The smallest absolute Gasteiger partial charge is 0.393 e. The first-order valence-corrected chi connectivity index (χ1v) is 8.60. The molecule has 0 bridgehead atoms. The number of aliphatic hydroxyl groups excluding tert-OH is 1. The zero-order chi connectivity index (χ0) is 20.5. The van der Waals surface area contributed by atoms with Crippen molar-refractivity contribution in [2.45, 2.75) is 37.6 Å². The molecule has 3 atom stereocenters. The molecule has 3 rings (SSSR count). The molecule has 1 amide bonds. The third-order valence-corrected chi connectivity index (χ3v) is 4.76. The number of rotatable bonds is 4. The van der Waals surface area contributed by atoms with Crippen molar-refractivity contribution in [3.05, 3.63) is 41.6 Å². The number of amides is 1. The fourth-order valence-electron chi connectivity index (χ4n) is 3.30. The van der Waals surface area contributed by atoms with Crippen LogP contribution in [0.15, 0.2) is 30.5 Å². The van der Waals surface area contributed by atoms with Crippen LogP contribution < -0.4 is 11.1 Å². The van der Waals surface area contributed by atoms with E-state index in [4.69, 9.17) is 5.73 Å². The number of carbonyl (C=O) groups excluding carboxylic acids is 1. The highest BCUT2D eigenvalue weighted by Crippen LogP contribution is 2.35. The van der Waals surface area contributed by atoms with Crippen molar-refractivity contribution in [2.24, 2.45) is 11.7 Å². The summed E-state index contributed by atoms with van der Waals surface area (Å²) in [6, 6.07) is 6.08. The van der Waals surface area contributed by atoms with Crippen LogP contribution in [-0.4, -0.2) is 26.9 Å². The predicted octanol–water partition coefficient (Wildman–Crippen LogP) is 2.97. The molecule has 0 aliphatic heterocycles. The predicted molar refractivity (Wildman–Crippen MR) is 93.5 cm³/mol. The van der Waals surface area contributed by atoms with Crippen LogP contribution in [-0.2, 0) is 6.18 Å². The number of benzene rings is 1. The number of aromatic nitrogens is 2. The number of aliphatic hydroxyl groups is 1. The summed E-state index contributed by atoms with van der Waals surface area (Å²) in [6.45, 7) is 0. The molecule has 0 radical (unpaired) electrons. The third kappa shape index (κ3) is 4.09. The number of nitrogens with zero attached hydrogens (tertiary/aromatic N) is 3. The summed E-state index contributed by atoms with van der Waals surface area (Å²) in [6.07, 6.45) is -2.29. The number of halogens is 3. The van der Waals surface area contributed by atoms with E-state index in [-0.39, 0.29) is 17.4 Å². The Morgan fingerprint density at radius 1 is 1.32 bits per heavy atom. The number of primary amides is 1. The van der Waals surface area contributed by atoms with Gasteiger partial charge < -0.3 is 16.2 Å². The Kier molecular flexibility index (Phi) is 5.29. The van der Waals surface area contributed by atoms with Gasteiger partial charge in [0, 0.05) is 11.9 Å². The highest BCUT2D eigenvalue weighted by molar-refractivity contribution is 5.98. The Morgan fingerprint density at radius 2 is 2.00 bits per heavy atom. The molecule has 1 aromatic carbocycles. The van der Waals surface area contributed by atoms with Crippen molar-refractivity contribution in [2.75, 3.05) is 5.32 Å². The van der Waals surface area contributed by atoms with Crippen LogP contribution in [0.5, 0.6) is 0 Å². The molecule has 1 aliphatic carbocycles. The number of nitriles is 1. The number of anilines is 2. The van der Waals surface area contributed by atoms with Crippen LogP contribution in [0.1, 0.15) is 41.2 Å². The first-order chi connectivity index (χ1) is 13.2. The van der Waals surface area contributed by atoms with Gasteiger partial charge in [-0.25, -0.2) is 0 Å². The van der Waals surface area contributed by atoms with Crippen LogP contribution in [0.3, 0.4) is 0 Å². The second-order valence-electron chi connectivity index (χ2n) is 6.71. The molecule has 0 spiro atoms. The van der Waals surface area contributed by atoms with E-state index in [1.165, 1.54) is 23.0 Å². The highest BCUT2D eigenvalue weighted by atomic mass is 19.4. The van der Waals surface area contributed by atoms with Crippen LogP contribution >= 0.6 is 0 Å². The Morgan fingerprint density at radius 3 is 2.57 bits per heavy atom. The van der Waals surface area contributed by atoms with E-state index in [2.05, 4.69) is 16.5 Å². The van der Waals surface area contributed by atoms with E-state index in [1.54, 1.807) is 0 Å². The monoisotopic (exact) mass is 393 g/mol. The van der Waals surface area contributed by atoms with Gasteiger partial charge in [0.25, 0.3) is 5.91 Å². The summed E-state index contributed by atoms with van der Waals surface area (Å²) < 4.78 is 39.5. The van der Waals surface area contributed by atoms with Crippen molar-refractivity contribution in [3.63, 3.8) is 0 Å². The summed E-state index contributed by atoms with van der Waals surface area (Å²) in [5.74, 6) is -1.15. The molecule has 2 aromatic rings. The lowest BCUT2D eigenvalue weighted by Gasteiger charge is -2.30. The second kappa shape index (κ2) is 7.52. The number of hydrogen-bond acceptors (Lipinski definition) is 5. The summed E-state index contributed by atoms with van der Waals surface area (Å²) >= 11 is 0. The fourth-order valence-corrected chi connectivity index (χ4v) is 3.30. The van der Waals surface area contributed by atoms with Gasteiger partial charge in [-0.1, -0.05) is 0 Å². The van der Waals surface area contributed by atoms with E-state index >= 15 is 0 Å². The minimum absolute atomic E-state index is 0.0581. The minimum atomic E-state index is -4.45. The highest BCUT2D eigenvalue weighted by Gasteiger charge is 2.33. The van der Waals surface area contributed by atoms with Gasteiger partial charge in [-0.2, -0.15) is 23.5 Å². The van der Waals surface area contributed by atoms with E-state index in [0.717, 1.165) is 12.1 Å². The standard InChI is InChI=1S/C18H18F3N5O2/c19-18(20,21)11-1-3-12(4-2-11)24-17-14(16(23)28)9-26(25-17)15-6-5-13(27)7-10(15)8-22/h1-4,9-10,13,15,27H,5-7H2,(H2,23,28)(H,24,25). The van der Waals surface area contributed by atoms with Crippen molar-refractivity contribution in [1.82, 2.24) is 9.78 Å². The lowest BCUT2D eigenvalue weighted by molar-refractivity contribution is -0.137. The van der Waals surface area contributed by atoms with E-state index in [9.17, 15) is 28.3 Å². The van der Waals surface area contributed by atoms with Gasteiger partial charge in [0.2, 0.25) is 0 Å². The molecular weight excluding hydrogens is 375 g/mol. The van der Waals surface area contributed by atoms with Crippen LogP contribution in [0.25, 0.3) is 0 Å². The van der Waals surface area contributed by atoms with Crippen molar-refractivity contribution >= 4 is 17.4 Å². The first-order valence-electron chi connectivity index (χ1n) is 8.60. The number of hydrogen-bond donors (Lipinski definition) is 3. The maximum atomic E-state index is 12.7. The molecule has 0 saturated heterocycles. The number of nitrogens with one attached hydrogen (secondary N) is 1. The molecule has 1 aromatic heterocycles. The lowest BCUT2D eigenvalue weighted by atomic mass is 9.84. The Labute approximate surface area is 158 Å². The summed E-state index contributed by atoms with van der Waals surface area (Å²) in [5.41, 5.74) is 4.96. The Bertz CT molecular complexity index is 901. The SMILES string of the molecule is N#CC1CC(O)CCC1n1cc(C(N)=O)c(Nc2ccc(C(F)(F)F)cc2)n1. The van der Waals surface area contributed by atoms with Crippen molar-refractivity contribution in [3.8, 4) is 6.07 Å². The zero-order valence-electron chi connectivity index (χ0n) is 14.6. The molecule has 1 fully saturated rings. The van der Waals surface area contributed by atoms with Crippen LogP contribution in [0.4, 0.5) is 24.7 Å². The van der Waals surface area contributed by atoms with Crippen molar-refractivity contribution in [1.29, 1.82) is 5.26 Å². The normalized spacial score (nSPS) is 22.5. The molecule has 1 saturated carbocycles. The van der Waals surface area contributed by atoms with Crippen LogP contribution in [0, 0.1) is 17.2 Å². The van der Waals surface area contributed by atoms with E-state index in [1.807, 2.05) is 0 Å². The van der Waals surface area contributed by atoms with Gasteiger partial charge in [0.05, 0.1) is 29.7 Å². The van der Waals surface area contributed by atoms with Crippen LogP contribution in [0.2, 0.25) is 0 Å².